The van der Waals surface area contributed by atoms with Gasteiger partial charge < -0.3 is 15.5 Å². The molecule has 2 aromatic carbocycles. The lowest BCUT2D eigenvalue weighted by Gasteiger charge is -2.34. The fourth-order valence-corrected chi connectivity index (χ4v) is 3.39. The van der Waals surface area contributed by atoms with Crippen LogP contribution in [0, 0.1) is 17.5 Å². The van der Waals surface area contributed by atoms with Gasteiger partial charge in [0, 0.05) is 38.4 Å². The van der Waals surface area contributed by atoms with E-state index in [9.17, 15) is 13.2 Å². The van der Waals surface area contributed by atoms with Gasteiger partial charge in [-0.15, -0.1) is 0 Å². The van der Waals surface area contributed by atoms with E-state index >= 15 is 0 Å². The van der Waals surface area contributed by atoms with Crippen LogP contribution >= 0.6 is 0 Å². The molecule has 28 heavy (non-hydrogen) atoms. The molecule has 0 unspecified atom stereocenters. The Morgan fingerprint density at radius 3 is 2.54 bits per heavy atom. The highest BCUT2D eigenvalue weighted by molar-refractivity contribution is 5.80. The molecule has 3 rings (SSSR count). The standard InChI is InChI=1S/C21H25F3N4/c1-25-21(26-10-7-15-13-17(23)5-6-20(15)24)27-18-8-11-28(12-9-18)19-4-2-3-16(22)14-19/h2-6,13-14,18H,7-12H2,1H3,(H2,25,26,27). The van der Waals surface area contributed by atoms with Crippen LogP contribution in [0.15, 0.2) is 47.5 Å². The van der Waals surface area contributed by atoms with E-state index in [1.165, 1.54) is 12.1 Å². The van der Waals surface area contributed by atoms with Gasteiger partial charge in [0.25, 0.3) is 0 Å². The average Bonchev–Trinajstić information content (AvgIpc) is 2.70. The number of hydrogen-bond acceptors (Lipinski definition) is 2. The van der Waals surface area contributed by atoms with E-state index in [2.05, 4.69) is 20.5 Å². The molecule has 0 saturated carbocycles. The molecule has 0 aromatic heterocycles. The Morgan fingerprint density at radius 1 is 1.07 bits per heavy atom. The topological polar surface area (TPSA) is 39.7 Å². The molecule has 2 N–H and O–H groups in total. The fourth-order valence-electron chi connectivity index (χ4n) is 3.39. The Bertz CT molecular complexity index is 817. The maximum Gasteiger partial charge on any atom is 0.191 e. The zero-order valence-electron chi connectivity index (χ0n) is 15.9. The minimum absolute atomic E-state index is 0.225. The third-order valence-corrected chi connectivity index (χ3v) is 4.93. The largest absolute Gasteiger partial charge is 0.371 e. The number of guanidine groups is 1. The van der Waals surface area contributed by atoms with Gasteiger partial charge in [-0.2, -0.15) is 0 Å². The van der Waals surface area contributed by atoms with Gasteiger partial charge in [-0.25, -0.2) is 13.2 Å². The summed E-state index contributed by atoms with van der Waals surface area (Å²) in [6.45, 7) is 2.10. The van der Waals surface area contributed by atoms with Crippen molar-refractivity contribution in [3.63, 3.8) is 0 Å². The molecule has 0 aliphatic carbocycles. The van der Waals surface area contributed by atoms with Crippen molar-refractivity contribution >= 4 is 11.6 Å². The monoisotopic (exact) mass is 390 g/mol. The van der Waals surface area contributed by atoms with Crippen molar-refractivity contribution < 1.29 is 13.2 Å². The molecule has 4 nitrogen and oxygen atoms in total. The van der Waals surface area contributed by atoms with Crippen molar-refractivity contribution in [1.82, 2.24) is 10.6 Å². The van der Waals surface area contributed by atoms with E-state index in [1.807, 2.05) is 6.07 Å². The fraction of sp³-hybridized carbons (Fsp3) is 0.381. The molecule has 0 atom stereocenters. The van der Waals surface area contributed by atoms with Gasteiger partial charge >= 0.3 is 0 Å². The quantitative estimate of drug-likeness (QED) is 0.607. The van der Waals surface area contributed by atoms with Gasteiger partial charge in [-0.1, -0.05) is 6.07 Å². The Hall–Kier alpha value is -2.70. The predicted molar refractivity (Wildman–Crippen MR) is 106 cm³/mol. The lowest BCUT2D eigenvalue weighted by atomic mass is 10.0. The molecule has 1 fully saturated rings. The van der Waals surface area contributed by atoms with Crippen LogP contribution in [0.1, 0.15) is 18.4 Å². The van der Waals surface area contributed by atoms with Crippen LogP contribution < -0.4 is 15.5 Å². The van der Waals surface area contributed by atoms with Crippen molar-refractivity contribution in [3.05, 3.63) is 65.5 Å². The number of hydrogen-bond donors (Lipinski definition) is 2. The van der Waals surface area contributed by atoms with Crippen LogP contribution in [0.5, 0.6) is 0 Å². The molecule has 1 aliphatic rings. The van der Waals surface area contributed by atoms with Crippen LogP contribution in [0.3, 0.4) is 0 Å². The number of piperidine rings is 1. The summed E-state index contributed by atoms with van der Waals surface area (Å²) in [4.78, 5) is 6.38. The maximum absolute atomic E-state index is 13.7. The molecule has 0 bridgehead atoms. The molecule has 1 saturated heterocycles. The molecule has 0 spiro atoms. The number of rotatable bonds is 5. The number of benzene rings is 2. The van der Waals surface area contributed by atoms with E-state index in [0.29, 0.717) is 24.5 Å². The lowest BCUT2D eigenvalue weighted by Crippen LogP contribution is -2.49. The molecular weight excluding hydrogens is 365 g/mol. The Labute approximate surface area is 163 Å². The predicted octanol–water partition coefficient (Wildman–Crippen LogP) is 3.48. The first-order chi connectivity index (χ1) is 13.5. The molecule has 1 heterocycles. The number of halogens is 3. The number of aliphatic imine (C=N–C) groups is 1. The number of anilines is 1. The Balaban J connectivity index is 1.45. The first kappa shape index (κ1) is 20.0. The van der Waals surface area contributed by atoms with Crippen molar-refractivity contribution in [1.29, 1.82) is 0 Å². The van der Waals surface area contributed by atoms with Crippen LogP contribution in [0.4, 0.5) is 18.9 Å². The van der Waals surface area contributed by atoms with Gasteiger partial charge in [0.1, 0.15) is 17.5 Å². The summed E-state index contributed by atoms with van der Waals surface area (Å²) in [6, 6.07) is 10.4. The number of nitrogens with zero attached hydrogens (tertiary/aromatic N) is 2. The normalized spacial score (nSPS) is 15.6. The summed E-state index contributed by atoms with van der Waals surface area (Å²) in [6.07, 6.45) is 2.16. The van der Waals surface area contributed by atoms with Crippen molar-refractivity contribution in [2.75, 3.05) is 31.6 Å². The van der Waals surface area contributed by atoms with Crippen molar-refractivity contribution in [3.8, 4) is 0 Å². The van der Waals surface area contributed by atoms with Crippen LogP contribution in [0.2, 0.25) is 0 Å². The van der Waals surface area contributed by atoms with Gasteiger partial charge in [0.15, 0.2) is 5.96 Å². The number of nitrogens with one attached hydrogen (secondary N) is 2. The van der Waals surface area contributed by atoms with Crippen LogP contribution in [-0.4, -0.2) is 38.7 Å². The van der Waals surface area contributed by atoms with E-state index in [4.69, 9.17) is 0 Å². The van der Waals surface area contributed by atoms with E-state index in [0.717, 1.165) is 43.8 Å². The molecule has 2 aromatic rings. The highest BCUT2D eigenvalue weighted by Gasteiger charge is 2.20. The molecule has 0 amide bonds. The van der Waals surface area contributed by atoms with Crippen LogP contribution in [0.25, 0.3) is 0 Å². The minimum atomic E-state index is -0.441. The first-order valence-corrected chi connectivity index (χ1v) is 9.47. The molecular formula is C21H25F3N4. The van der Waals surface area contributed by atoms with Crippen molar-refractivity contribution in [2.45, 2.75) is 25.3 Å². The van der Waals surface area contributed by atoms with Crippen molar-refractivity contribution in [2.24, 2.45) is 4.99 Å². The van der Waals surface area contributed by atoms with Gasteiger partial charge in [0.2, 0.25) is 0 Å². The summed E-state index contributed by atoms with van der Waals surface area (Å²) in [5.74, 6) is -0.432. The first-order valence-electron chi connectivity index (χ1n) is 9.47. The molecule has 0 radical (unpaired) electrons. The van der Waals surface area contributed by atoms with Gasteiger partial charge in [-0.3, -0.25) is 4.99 Å². The van der Waals surface area contributed by atoms with Crippen LogP contribution in [-0.2, 0) is 6.42 Å². The highest BCUT2D eigenvalue weighted by Crippen LogP contribution is 2.20. The molecule has 1 aliphatic heterocycles. The second-order valence-electron chi connectivity index (χ2n) is 6.87. The lowest BCUT2D eigenvalue weighted by molar-refractivity contribution is 0.461. The van der Waals surface area contributed by atoms with E-state index in [-0.39, 0.29) is 11.9 Å². The second kappa shape index (κ2) is 9.48. The second-order valence-corrected chi connectivity index (χ2v) is 6.87. The summed E-state index contributed by atoms with van der Waals surface area (Å²) < 4.78 is 40.3. The summed E-state index contributed by atoms with van der Waals surface area (Å²) >= 11 is 0. The smallest absolute Gasteiger partial charge is 0.191 e. The zero-order chi connectivity index (χ0) is 19.9. The van der Waals surface area contributed by atoms with Gasteiger partial charge in [-0.05, 0) is 61.2 Å². The average molecular weight is 390 g/mol. The van der Waals surface area contributed by atoms with E-state index < -0.39 is 11.6 Å². The Morgan fingerprint density at radius 2 is 1.82 bits per heavy atom. The van der Waals surface area contributed by atoms with E-state index in [1.54, 1.807) is 19.2 Å². The third-order valence-electron chi connectivity index (χ3n) is 4.93. The zero-order valence-corrected chi connectivity index (χ0v) is 15.9. The third kappa shape index (κ3) is 5.41. The minimum Gasteiger partial charge on any atom is -0.371 e. The summed E-state index contributed by atoms with van der Waals surface area (Å²) in [5.41, 5.74) is 1.24. The Kier molecular flexibility index (Phi) is 6.79. The maximum atomic E-state index is 13.7. The summed E-state index contributed by atoms with van der Waals surface area (Å²) in [7, 11) is 1.68. The molecule has 150 valence electrons. The highest BCUT2D eigenvalue weighted by atomic mass is 19.1. The van der Waals surface area contributed by atoms with Gasteiger partial charge in [0.05, 0.1) is 0 Å². The SMILES string of the molecule is CN=C(NCCc1cc(F)ccc1F)NC1CCN(c2cccc(F)c2)CC1. The summed E-state index contributed by atoms with van der Waals surface area (Å²) in [5, 5.41) is 6.52. The molecule has 7 heteroatoms.